The van der Waals surface area contributed by atoms with Crippen LogP contribution in [0.3, 0.4) is 0 Å². The first-order valence-corrected chi connectivity index (χ1v) is 19.2. The third kappa shape index (κ3) is 4.66. The minimum absolute atomic E-state index is 0.504. The van der Waals surface area contributed by atoms with Crippen molar-refractivity contribution in [3.05, 3.63) is 210 Å². The average molecular weight is 730 g/mol. The fourth-order valence-electron chi connectivity index (χ4n) is 9.17. The molecule has 0 bridgehead atoms. The molecule has 1 aliphatic heterocycles. The summed E-state index contributed by atoms with van der Waals surface area (Å²) < 4.78 is 13.2. The van der Waals surface area contributed by atoms with Crippen LogP contribution in [0, 0.1) is 0 Å². The standard InChI is InChI=1S/C52H31N3O2/c1-3-14-32(15-4-1)49-53-50(33-16-5-2-6-17-33)55-51(54-49)35-26-28-38-47(31-35)57-46-25-13-19-36(48(38)46)34-27-29-41-39(30-34)37-18-7-8-20-40(37)52(41)42-21-9-11-23-44(42)56-45-24-12-10-22-43(45)52/h1-31H. The Bertz CT molecular complexity index is 3120. The molecule has 0 amide bonds. The van der Waals surface area contributed by atoms with Gasteiger partial charge in [0.1, 0.15) is 22.7 Å². The second-order valence-electron chi connectivity index (χ2n) is 14.7. The highest BCUT2D eigenvalue weighted by molar-refractivity contribution is 6.13. The number of para-hydroxylation sites is 2. The summed E-state index contributed by atoms with van der Waals surface area (Å²) in [4.78, 5) is 14.8. The predicted octanol–water partition coefficient (Wildman–Crippen LogP) is 12.9. The van der Waals surface area contributed by atoms with Gasteiger partial charge in [-0.15, -0.1) is 0 Å². The van der Waals surface area contributed by atoms with Crippen LogP contribution in [0.2, 0.25) is 0 Å². The van der Waals surface area contributed by atoms with E-state index in [9.17, 15) is 0 Å². The normalized spacial score (nSPS) is 13.2. The summed E-state index contributed by atoms with van der Waals surface area (Å²) in [6.07, 6.45) is 0. The molecule has 0 saturated heterocycles. The van der Waals surface area contributed by atoms with Crippen LogP contribution in [0.4, 0.5) is 0 Å². The Kier molecular flexibility index (Phi) is 6.78. The second kappa shape index (κ2) is 12.2. The van der Waals surface area contributed by atoms with Crippen LogP contribution in [0.1, 0.15) is 22.3 Å². The van der Waals surface area contributed by atoms with Gasteiger partial charge in [-0.1, -0.05) is 152 Å². The summed E-state index contributed by atoms with van der Waals surface area (Å²) in [7, 11) is 0. The molecule has 8 aromatic carbocycles. The van der Waals surface area contributed by atoms with Crippen molar-refractivity contribution in [2.45, 2.75) is 5.41 Å². The molecule has 2 aromatic heterocycles. The van der Waals surface area contributed by atoms with E-state index in [4.69, 9.17) is 24.1 Å². The van der Waals surface area contributed by atoms with Crippen molar-refractivity contribution in [3.63, 3.8) is 0 Å². The topological polar surface area (TPSA) is 61.0 Å². The van der Waals surface area contributed by atoms with E-state index in [0.717, 1.165) is 72.4 Å². The predicted molar refractivity (Wildman–Crippen MR) is 226 cm³/mol. The minimum Gasteiger partial charge on any atom is -0.457 e. The number of furan rings is 1. The molecule has 0 fully saturated rings. The molecule has 5 nitrogen and oxygen atoms in total. The molecule has 0 N–H and O–H groups in total. The summed E-state index contributed by atoms with van der Waals surface area (Å²) >= 11 is 0. The number of nitrogens with zero attached hydrogens (tertiary/aromatic N) is 3. The lowest BCUT2D eigenvalue weighted by molar-refractivity contribution is 0.436. The van der Waals surface area contributed by atoms with Crippen LogP contribution in [-0.2, 0) is 5.41 Å². The van der Waals surface area contributed by atoms with Gasteiger partial charge < -0.3 is 9.15 Å². The first-order valence-electron chi connectivity index (χ1n) is 19.2. The third-order valence-electron chi connectivity index (χ3n) is 11.6. The van der Waals surface area contributed by atoms with E-state index >= 15 is 0 Å². The average Bonchev–Trinajstić information content (AvgIpc) is 3.80. The molecule has 10 aromatic rings. The highest BCUT2D eigenvalue weighted by Crippen LogP contribution is 2.62. The summed E-state index contributed by atoms with van der Waals surface area (Å²) in [5.74, 6) is 3.62. The first kappa shape index (κ1) is 31.7. The molecular weight excluding hydrogens is 699 g/mol. The number of rotatable bonds is 4. The first-order chi connectivity index (χ1) is 28.2. The van der Waals surface area contributed by atoms with Crippen molar-refractivity contribution in [3.8, 4) is 67.9 Å². The van der Waals surface area contributed by atoms with Gasteiger partial charge >= 0.3 is 0 Å². The number of aromatic nitrogens is 3. The molecule has 5 heteroatoms. The van der Waals surface area contributed by atoms with Crippen LogP contribution in [0.25, 0.3) is 78.4 Å². The molecule has 3 heterocycles. The summed E-state index contributed by atoms with van der Waals surface area (Å²) in [5.41, 5.74) is 13.4. The SMILES string of the molecule is c1ccc(-c2nc(-c3ccccc3)nc(-c3ccc4c(c3)oc3cccc(-c5ccc6c(c5)-c5ccccc5C65c6ccccc6Oc6ccccc65)c34)n2)cc1. The maximum Gasteiger partial charge on any atom is 0.164 e. The van der Waals surface area contributed by atoms with Gasteiger partial charge in [0, 0.05) is 38.6 Å². The van der Waals surface area contributed by atoms with Gasteiger partial charge in [-0.3, -0.25) is 0 Å². The summed E-state index contributed by atoms with van der Waals surface area (Å²) in [6, 6.07) is 65.5. The van der Waals surface area contributed by atoms with Crippen molar-refractivity contribution >= 4 is 21.9 Å². The lowest BCUT2D eigenvalue weighted by Crippen LogP contribution is -2.32. The Morgan fingerprint density at radius 1 is 0.351 bits per heavy atom. The number of benzene rings is 8. The number of hydrogen-bond donors (Lipinski definition) is 0. The van der Waals surface area contributed by atoms with Crippen LogP contribution >= 0.6 is 0 Å². The molecule has 2 aliphatic rings. The molecule has 1 spiro atoms. The fourth-order valence-corrected chi connectivity index (χ4v) is 9.17. The number of hydrogen-bond acceptors (Lipinski definition) is 5. The zero-order valence-electron chi connectivity index (χ0n) is 30.6. The largest absolute Gasteiger partial charge is 0.457 e. The van der Waals surface area contributed by atoms with Gasteiger partial charge in [0.25, 0.3) is 0 Å². The smallest absolute Gasteiger partial charge is 0.164 e. The zero-order chi connectivity index (χ0) is 37.5. The quantitative estimate of drug-likeness (QED) is 0.180. The van der Waals surface area contributed by atoms with Gasteiger partial charge in [-0.25, -0.2) is 15.0 Å². The number of fused-ring (bicyclic) bond motifs is 12. The van der Waals surface area contributed by atoms with Gasteiger partial charge in [0.05, 0.1) is 5.41 Å². The lowest BCUT2D eigenvalue weighted by Gasteiger charge is -2.39. The van der Waals surface area contributed by atoms with Crippen molar-refractivity contribution in [1.29, 1.82) is 0 Å². The van der Waals surface area contributed by atoms with Gasteiger partial charge in [0.15, 0.2) is 17.5 Å². The number of ether oxygens (including phenoxy) is 1. The van der Waals surface area contributed by atoms with E-state index in [1.54, 1.807) is 0 Å². The van der Waals surface area contributed by atoms with E-state index in [-0.39, 0.29) is 0 Å². The Hall–Kier alpha value is -7.63. The molecule has 0 unspecified atom stereocenters. The molecule has 266 valence electrons. The van der Waals surface area contributed by atoms with Crippen LogP contribution in [0.5, 0.6) is 11.5 Å². The molecule has 1 aliphatic carbocycles. The molecule has 0 atom stereocenters. The molecule has 0 saturated carbocycles. The van der Waals surface area contributed by atoms with E-state index < -0.39 is 5.41 Å². The van der Waals surface area contributed by atoms with Crippen molar-refractivity contribution in [2.75, 3.05) is 0 Å². The Balaban J connectivity index is 1.02. The summed E-state index contributed by atoms with van der Waals surface area (Å²) in [5, 5.41) is 2.11. The molecule has 57 heavy (non-hydrogen) atoms. The van der Waals surface area contributed by atoms with Crippen LogP contribution in [-0.4, -0.2) is 15.0 Å². The van der Waals surface area contributed by atoms with E-state index in [0.29, 0.717) is 17.5 Å². The highest BCUT2D eigenvalue weighted by atomic mass is 16.5. The molecule has 12 rings (SSSR count). The van der Waals surface area contributed by atoms with Gasteiger partial charge in [0.2, 0.25) is 0 Å². The van der Waals surface area contributed by atoms with E-state index in [1.807, 2.05) is 60.7 Å². The molecular formula is C52H31N3O2. The Morgan fingerprint density at radius 2 is 0.895 bits per heavy atom. The highest BCUT2D eigenvalue weighted by Gasteiger charge is 2.51. The Morgan fingerprint density at radius 3 is 1.58 bits per heavy atom. The Labute approximate surface area is 328 Å². The van der Waals surface area contributed by atoms with Crippen LogP contribution < -0.4 is 4.74 Å². The van der Waals surface area contributed by atoms with Crippen LogP contribution in [0.15, 0.2) is 192 Å². The van der Waals surface area contributed by atoms with Gasteiger partial charge in [-0.2, -0.15) is 0 Å². The minimum atomic E-state index is -0.504. The summed E-state index contributed by atoms with van der Waals surface area (Å²) in [6.45, 7) is 0. The maximum absolute atomic E-state index is 6.64. The lowest BCUT2D eigenvalue weighted by atomic mass is 9.66. The monoisotopic (exact) mass is 729 g/mol. The van der Waals surface area contributed by atoms with Gasteiger partial charge in [-0.05, 0) is 69.8 Å². The zero-order valence-corrected chi connectivity index (χ0v) is 30.6. The second-order valence-corrected chi connectivity index (χ2v) is 14.7. The van der Waals surface area contributed by atoms with E-state index in [1.165, 1.54) is 22.3 Å². The van der Waals surface area contributed by atoms with E-state index in [2.05, 4.69) is 127 Å². The molecule has 0 radical (unpaired) electrons. The van der Waals surface area contributed by atoms with Crippen molar-refractivity contribution < 1.29 is 9.15 Å². The van der Waals surface area contributed by atoms with Crippen molar-refractivity contribution in [1.82, 2.24) is 15.0 Å². The maximum atomic E-state index is 6.64. The third-order valence-corrected chi connectivity index (χ3v) is 11.6. The van der Waals surface area contributed by atoms with Crippen molar-refractivity contribution in [2.24, 2.45) is 0 Å². The fraction of sp³-hybridized carbons (Fsp3) is 0.0192.